The first-order chi connectivity index (χ1) is 11.0. The summed E-state index contributed by atoms with van der Waals surface area (Å²) in [5.41, 5.74) is 1.25. The molecule has 2 fully saturated rings. The normalized spacial score (nSPS) is 29.4. The fourth-order valence-electron chi connectivity index (χ4n) is 4.02. The van der Waals surface area contributed by atoms with Crippen LogP contribution in [0.3, 0.4) is 0 Å². The molecule has 0 aromatic heterocycles. The Morgan fingerprint density at radius 2 is 2.26 bits per heavy atom. The summed E-state index contributed by atoms with van der Waals surface area (Å²) >= 11 is 0. The summed E-state index contributed by atoms with van der Waals surface area (Å²) in [4.78, 5) is 2.20. The molecule has 122 valence electrons. The Kier molecular flexibility index (Phi) is 4.37. The van der Waals surface area contributed by atoms with Crippen LogP contribution in [-0.4, -0.2) is 35.3 Å². The second kappa shape index (κ2) is 6.29. The minimum atomic E-state index is -0.907. The van der Waals surface area contributed by atoms with Gasteiger partial charge in [-0.3, -0.25) is 0 Å². The van der Waals surface area contributed by atoms with E-state index < -0.39 is 5.60 Å². The van der Waals surface area contributed by atoms with Crippen molar-refractivity contribution in [2.75, 3.05) is 13.7 Å². The molecular formula is C20H25NO2. The Morgan fingerprint density at radius 1 is 1.43 bits per heavy atom. The first-order valence-electron chi connectivity index (χ1n) is 8.35. The lowest BCUT2D eigenvalue weighted by Gasteiger charge is -2.40. The monoisotopic (exact) mass is 311 g/mol. The van der Waals surface area contributed by atoms with Gasteiger partial charge in [0.1, 0.15) is 5.60 Å². The third kappa shape index (κ3) is 3.09. The van der Waals surface area contributed by atoms with E-state index in [0.29, 0.717) is 5.88 Å². The van der Waals surface area contributed by atoms with Crippen LogP contribution in [0.5, 0.6) is 0 Å². The third-order valence-corrected chi connectivity index (χ3v) is 5.21. The molecule has 1 aromatic rings. The van der Waals surface area contributed by atoms with Crippen molar-refractivity contribution in [3.63, 3.8) is 0 Å². The second-order valence-electron chi connectivity index (χ2n) is 6.69. The van der Waals surface area contributed by atoms with Gasteiger partial charge in [-0.05, 0) is 56.9 Å². The maximum Gasteiger partial charge on any atom is 0.181 e. The first kappa shape index (κ1) is 16.0. The van der Waals surface area contributed by atoms with E-state index in [2.05, 4.69) is 42.4 Å². The molecule has 3 heteroatoms. The van der Waals surface area contributed by atoms with Crippen LogP contribution in [0.4, 0.5) is 0 Å². The van der Waals surface area contributed by atoms with Gasteiger partial charge in [0.2, 0.25) is 0 Å². The highest BCUT2D eigenvalue weighted by molar-refractivity contribution is 5.39. The Hall–Kier alpha value is -1.92. The number of aliphatic hydroxyl groups is 1. The van der Waals surface area contributed by atoms with Crippen LogP contribution in [0.25, 0.3) is 0 Å². The average molecular weight is 311 g/mol. The van der Waals surface area contributed by atoms with Gasteiger partial charge in [0.25, 0.3) is 0 Å². The fraction of sp³-hybridized carbons (Fsp3) is 0.500. The van der Waals surface area contributed by atoms with Gasteiger partial charge < -0.3 is 14.7 Å². The molecule has 1 saturated carbocycles. The Balaban J connectivity index is 1.83. The number of benzene rings is 1. The molecule has 1 aliphatic carbocycles. The van der Waals surface area contributed by atoms with Gasteiger partial charge in [0.05, 0.1) is 7.11 Å². The van der Waals surface area contributed by atoms with E-state index >= 15 is 0 Å². The molecule has 0 amide bonds. The van der Waals surface area contributed by atoms with Gasteiger partial charge >= 0.3 is 0 Å². The number of ether oxygens (including phenoxy) is 1. The zero-order valence-corrected chi connectivity index (χ0v) is 14.0. The van der Waals surface area contributed by atoms with Crippen molar-refractivity contribution in [2.45, 2.75) is 44.2 Å². The molecule has 1 saturated heterocycles. The lowest BCUT2D eigenvalue weighted by molar-refractivity contribution is -0.0176. The van der Waals surface area contributed by atoms with Gasteiger partial charge in [0, 0.05) is 24.1 Å². The molecule has 0 unspecified atom stereocenters. The second-order valence-corrected chi connectivity index (χ2v) is 6.69. The van der Waals surface area contributed by atoms with Crippen molar-refractivity contribution in [1.29, 1.82) is 0 Å². The number of aryl methyl sites for hydroxylation is 1. The van der Waals surface area contributed by atoms with Crippen LogP contribution in [0, 0.1) is 24.7 Å². The highest BCUT2D eigenvalue weighted by Crippen LogP contribution is 2.43. The van der Waals surface area contributed by atoms with E-state index in [1.165, 1.54) is 5.56 Å². The number of hydrogen-bond acceptors (Lipinski definition) is 3. The molecule has 1 heterocycles. The van der Waals surface area contributed by atoms with Crippen molar-refractivity contribution in [3.8, 4) is 11.8 Å². The van der Waals surface area contributed by atoms with Crippen LogP contribution in [-0.2, 0) is 4.74 Å². The van der Waals surface area contributed by atoms with Crippen LogP contribution in [0.1, 0.15) is 36.8 Å². The van der Waals surface area contributed by atoms with E-state index in [9.17, 15) is 5.11 Å². The Labute approximate surface area is 139 Å². The molecule has 0 radical (unpaired) electrons. The summed E-state index contributed by atoms with van der Waals surface area (Å²) in [6.45, 7) is 6.93. The molecule has 3 nitrogen and oxygen atoms in total. The molecule has 0 spiro atoms. The minimum absolute atomic E-state index is 0.167. The van der Waals surface area contributed by atoms with Crippen molar-refractivity contribution in [2.24, 2.45) is 5.92 Å². The molecule has 2 aliphatic rings. The quantitative estimate of drug-likeness (QED) is 0.673. The molecule has 1 N–H and O–H groups in total. The SMILES string of the molecule is C=C(OC)N1CC[C@@H]2[C@H]1CCC[C@@]2(O)C#Cc1cccc(C)c1. The fourth-order valence-corrected chi connectivity index (χ4v) is 4.02. The zero-order valence-electron chi connectivity index (χ0n) is 14.0. The maximum atomic E-state index is 11.2. The predicted octanol–water partition coefficient (Wildman–Crippen LogP) is 3.07. The number of rotatable bonds is 2. The zero-order chi connectivity index (χ0) is 16.4. The molecule has 1 aliphatic heterocycles. The molecule has 23 heavy (non-hydrogen) atoms. The third-order valence-electron chi connectivity index (χ3n) is 5.21. The van der Waals surface area contributed by atoms with Crippen molar-refractivity contribution in [3.05, 3.63) is 47.9 Å². The molecular weight excluding hydrogens is 286 g/mol. The van der Waals surface area contributed by atoms with Gasteiger partial charge in [-0.15, -0.1) is 0 Å². The number of hydrogen-bond donors (Lipinski definition) is 1. The Morgan fingerprint density at radius 3 is 3.00 bits per heavy atom. The smallest absolute Gasteiger partial charge is 0.181 e. The standard InChI is InChI=1S/C20H25NO2/c1-15-6-4-7-17(14-15)9-12-20(22)11-5-8-19-18(20)10-13-21(19)16(2)23-3/h4,6-7,14,18-19,22H,2,5,8,10-11,13H2,1,3H3/t18-,19-,20-/m1/s1. The number of methoxy groups -OCH3 is 1. The predicted molar refractivity (Wildman–Crippen MR) is 91.6 cm³/mol. The van der Waals surface area contributed by atoms with Crippen molar-refractivity contribution >= 4 is 0 Å². The minimum Gasteiger partial charge on any atom is -0.483 e. The maximum absolute atomic E-state index is 11.2. The number of nitrogens with zero attached hydrogens (tertiary/aromatic N) is 1. The summed E-state index contributed by atoms with van der Waals surface area (Å²) in [7, 11) is 1.65. The van der Waals surface area contributed by atoms with Gasteiger partial charge in [-0.25, -0.2) is 0 Å². The topological polar surface area (TPSA) is 32.7 Å². The lowest BCUT2D eigenvalue weighted by Crippen LogP contribution is -2.48. The van der Waals surface area contributed by atoms with Gasteiger partial charge in [-0.2, -0.15) is 0 Å². The van der Waals surface area contributed by atoms with E-state index in [1.54, 1.807) is 7.11 Å². The van der Waals surface area contributed by atoms with E-state index in [4.69, 9.17) is 4.74 Å². The van der Waals surface area contributed by atoms with Crippen molar-refractivity contribution < 1.29 is 9.84 Å². The summed E-state index contributed by atoms with van der Waals surface area (Å²) in [5, 5.41) is 11.2. The summed E-state index contributed by atoms with van der Waals surface area (Å²) in [6, 6.07) is 8.41. The Bertz CT molecular complexity index is 657. The van der Waals surface area contributed by atoms with Crippen LogP contribution >= 0.6 is 0 Å². The molecule has 0 bridgehead atoms. The first-order valence-corrected chi connectivity index (χ1v) is 8.35. The lowest BCUT2D eigenvalue weighted by atomic mass is 9.73. The van der Waals surface area contributed by atoms with Crippen LogP contribution < -0.4 is 0 Å². The average Bonchev–Trinajstić information content (AvgIpc) is 2.98. The van der Waals surface area contributed by atoms with E-state index in [0.717, 1.165) is 37.8 Å². The number of likely N-dealkylation sites (tertiary alicyclic amines) is 1. The molecule has 3 rings (SSSR count). The summed E-state index contributed by atoms with van der Waals surface area (Å²) in [6.07, 6.45) is 3.74. The largest absolute Gasteiger partial charge is 0.483 e. The van der Waals surface area contributed by atoms with Crippen LogP contribution in [0.2, 0.25) is 0 Å². The van der Waals surface area contributed by atoms with Gasteiger partial charge in [0.15, 0.2) is 5.88 Å². The number of fused-ring (bicyclic) bond motifs is 1. The highest BCUT2D eigenvalue weighted by Gasteiger charge is 2.49. The summed E-state index contributed by atoms with van der Waals surface area (Å²) < 4.78 is 5.31. The van der Waals surface area contributed by atoms with E-state index in [1.807, 2.05) is 12.1 Å². The summed E-state index contributed by atoms with van der Waals surface area (Å²) in [5.74, 6) is 7.26. The highest BCUT2D eigenvalue weighted by atomic mass is 16.5. The van der Waals surface area contributed by atoms with Crippen molar-refractivity contribution in [1.82, 2.24) is 4.90 Å². The molecule has 1 aromatic carbocycles. The molecule has 3 atom stereocenters. The van der Waals surface area contributed by atoms with Crippen LogP contribution in [0.15, 0.2) is 36.7 Å². The van der Waals surface area contributed by atoms with Gasteiger partial charge in [-0.1, -0.05) is 24.0 Å². The van der Waals surface area contributed by atoms with E-state index in [-0.39, 0.29) is 12.0 Å².